The molecular formula is C18H21N3O2S. The Morgan fingerprint density at radius 1 is 1.17 bits per heavy atom. The topological polar surface area (TPSA) is 64.0 Å². The number of sulfonamides is 1. The number of hydrogen-bond acceptors (Lipinski definition) is 3. The van der Waals surface area contributed by atoms with Crippen molar-refractivity contribution in [2.24, 2.45) is 0 Å². The van der Waals surface area contributed by atoms with E-state index in [0.29, 0.717) is 0 Å². The summed E-state index contributed by atoms with van der Waals surface area (Å²) in [7, 11) is -3.60. The van der Waals surface area contributed by atoms with Crippen molar-refractivity contribution in [2.75, 3.05) is 0 Å². The standard InChI is InChI=1S/C18H21N3O2S/c1-4-21-12-18(13(2)19-21)14(3)20-24(22,23)17-10-9-15-7-5-6-8-16(15)11-17/h5-12,14,20H,4H2,1-3H3. The Labute approximate surface area is 142 Å². The molecule has 3 rings (SSSR count). The maximum atomic E-state index is 12.7. The van der Waals surface area contributed by atoms with Crippen LogP contribution in [0.3, 0.4) is 0 Å². The van der Waals surface area contributed by atoms with Gasteiger partial charge in [0.1, 0.15) is 0 Å². The lowest BCUT2D eigenvalue weighted by Gasteiger charge is -2.14. The van der Waals surface area contributed by atoms with Crippen LogP contribution in [-0.4, -0.2) is 18.2 Å². The minimum Gasteiger partial charge on any atom is -0.272 e. The van der Waals surface area contributed by atoms with E-state index in [2.05, 4.69) is 9.82 Å². The highest BCUT2D eigenvalue weighted by molar-refractivity contribution is 7.89. The normalized spacial score (nSPS) is 13.3. The summed E-state index contributed by atoms with van der Waals surface area (Å²) in [5.41, 5.74) is 1.73. The predicted octanol–water partition coefficient (Wildman–Crippen LogP) is 3.40. The van der Waals surface area contributed by atoms with Crippen molar-refractivity contribution in [3.05, 3.63) is 59.9 Å². The summed E-state index contributed by atoms with van der Waals surface area (Å²) in [4.78, 5) is 0.272. The van der Waals surface area contributed by atoms with Crippen LogP contribution in [0.1, 0.15) is 31.1 Å². The van der Waals surface area contributed by atoms with Gasteiger partial charge in [-0.2, -0.15) is 5.10 Å². The molecule has 0 saturated heterocycles. The minimum absolute atomic E-state index is 0.272. The molecule has 3 aromatic rings. The number of fused-ring (bicyclic) bond motifs is 1. The molecule has 1 aromatic heterocycles. The third kappa shape index (κ3) is 3.20. The van der Waals surface area contributed by atoms with Gasteiger partial charge in [-0.3, -0.25) is 4.68 Å². The molecule has 1 heterocycles. The first kappa shape index (κ1) is 16.7. The summed E-state index contributed by atoms with van der Waals surface area (Å²) >= 11 is 0. The van der Waals surface area contributed by atoms with E-state index in [1.54, 1.807) is 12.1 Å². The highest BCUT2D eigenvalue weighted by atomic mass is 32.2. The molecule has 1 unspecified atom stereocenters. The van der Waals surface area contributed by atoms with Gasteiger partial charge in [0, 0.05) is 24.3 Å². The zero-order chi connectivity index (χ0) is 17.3. The zero-order valence-electron chi connectivity index (χ0n) is 14.0. The van der Waals surface area contributed by atoms with E-state index in [0.717, 1.165) is 28.6 Å². The molecule has 0 fully saturated rings. The molecule has 126 valence electrons. The molecule has 0 aliphatic carbocycles. The van der Waals surface area contributed by atoms with Crippen LogP contribution in [0.2, 0.25) is 0 Å². The molecule has 0 radical (unpaired) electrons. The number of hydrogen-bond donors (Lipinski definition) is 1. The summed E-state index contributed by atoms with van der Waals surface area (Å²) in [5, 5.41) is 6.30. The average molecular weight is 343 g/mol. The SMILES string of the molecule is CCn1cc(C(C)NS(=O)(=O)c2ccc3ccccc3c2)c(C)n1. The molecule has 0 saturated carbocycles. The monoisotopic (exact) mass is 343 g/mol. The van der Waals surface area contributed by atoms with Gasteiger partial charge in [0.2, 0.25) is 10.0 Å². The average Bonchev–Trinajstić information content (AvgIpc) is 2.95. The number of benzene rings is 2. The molecule has 24 heavy (non-hydrogen) atoms. The van der Waals surface area contributed by atoms with Gasteiger partial charge in [0.05, 0.1) is 10.6 Å². The summed E-state index contributed by atoms with van der Waals surface area (Å²) in [5.74, 6) is 0. The number of nitrogens with one attached hydrogen (secondary N) is 1. The van der Waals surface area contributed by atoms with Crippen molar-refractivity contribution in [3.8, 4) is 0 Å². The summed E-state index contributed by atoms with van der Waals surface area (Å²) in [6.45, 7) is 6.48. The summed E-state index contributed by atoms with van der Waals surface area (Å²) < 4.78 is 30.0. The Bertz CT molecular complexity index is 977. The molecule has 2 aromatic carbocycles. The van der Waals surface area contributed by atoms with Crippen LogP contribution in [0.5, 0.6) is 0 Å². The minimum atomic E-state index is -3.60. The third-order valence-corrected chi connectivity index (χ3v) is 5.68. The molecule has 5 nitrogen and oxygen atoms in total. The van der Waals surface area contributed by atoms with Gasteiger partial charge in [-0.25, -0.2) is 13.1 Å². The molecule has 0 amide bonds. The lowest BCUT2D eigenvalue weighted by atomic mass is 10.1. The van der Waals surface area contributed by atoms with E-state index in [-0.39, 0.29) is 10.9 Å². The number of aromatic nitrogens is 2. The van der Waals surface area contributed by atoms with E-state index in [9.17, 15) is 8.42 Å². The summed E-state index contributed by atoms with van der Waals surface area (Å²) in [6.07, 6.45) is 1.89. The Hall–Kier alpha value is -2.18. The van der Waals surface area contributed by atoms with Crippen LogP contribution in [-0.2, 0) is 16.6 Å². The van der Waals surface area contributed by atoms with Gasteiger partial charge >= 0.3 is 0 Å². The lowest BCUT2D eigenvalue weighted by Crippen LogP contribution is -2.27. The molecule has 0 spiro atoms. The first-order chi connectivity index (χ1) is 11.4. The van der Waals surface area contributed by atoms with Crippen molar-refractivity contribution in [1.29, 1.82) is 0 Å². The van der Waals surface area contributed by atoms with E-state index in [1.807, 2.05) is 62.0 Å². The van der Waals surface area contributed by atoms with Crippen LogP contribution in [0, 0.1) is 6.92 Å². The second kappa shape index (κ2) is 6.37. The number of rotatable bonds is 5. The highest BCUT2D eigenvalue weighted by Gasteiger charge is 2.21. The van der Waals surface area contributed by atoms with Crippen molar-refractivity contribution in [2.45, 2.75) is 38.3 Å². The fourth-order valence-corrected chi connectivity index (χ4v) is 4.08. The van der Waals surface area contributed by atoms with Gasteiger partial charge in [0.15, 0.2) is 0 Å². The van der Waals surface area contributed by atoms with E-state index in [4.69, 9.17) is 0 Å². The van der Waals surface area contributed by atoms with Gasteiger partial charge < -0.3 is 0 Å². The zero-order valence-corrected chi connectivity index (χ0v) is 14.8. The Morgan fingerprint density at radius 3 is 2.54 bits per heavy atom. The lowest BCUT2D eigenvalue weighted by molar-refractivity contribution is 0.566. The highest BCUT2D eigenvalue weighted by Crippen LogP contribution is 2.22. The van der Waals surface area contributed by atoms with Crippen LogP contribution in [0.25, 0.3) is 10.8 Å². The van der Waals surface area contributed by atoms with Crippen LogP contribution in [0.4, 0.5) is 0 Å². The first-order valence-corrected chi connectivity index (χ1v) is 9.44. The van der Waals surface area contributed by atoms with E-state index >= 15 is 0 Å². The second-order valence-corrected chi connectivity index (χ2v) is 7.59. The molecule has 1 atom stereocenters. The molecule has 6 heteroatoms. The summed E-state index contributed by atoms with van der Waals surface area (Å²) in [6, 6.07) is 12.5. The molecular weight excluding hydrogens is 322 g/mol. The third-order valence-electron chi connectivity index (χ3n) is 4.14. The molecule has 0 aliphatic rings. The van der Waals surface area contributed by atoms with Gasteiger partial charge in [-0.15, -0.1) is 0 Å². The van der Waals surface area contributed by atoms with Gasteiger partial charge in [0.25, 0.3) is 0 Å². The largest absolute Gasteiger partial charge is 0.272 e. The van der Waals surface area contributed by atoms with E-state index in [1.165, 1.54) is 0 Å². The predicted molar refractivity (Wildman–Crippen MR) is 95.3 cm³/mol. The Morgan fingerprint density at radius 2 is 1.88 bits per heavy atom. The van der Waals surface area contributed by atoms with Crippen LogP contribution < -0.4 is 4.72 Å². The molecule has 0 aliphatic heterocycles. The van der Waals surface area contributed by atoms with Crippen molar-refractivity contribution in [3.63, 3.8) is 0 Å². The maximum absolute atomic E-state index is 12.7. The van der Waals surface area contributed by atoms with Crippen LogP contribution in [0.15, 0.2) is 53.6 Å². The quantitative estimate of drug-likeness (QED) is 0.772. The Kier molecular flexibility index (Phi) is 4.43. The van der Waals surface area contributed by atoms with Crippen LogP contribution >= 0.6 is 0 Å². The fraction of sp³-hybridized carbons (Fsp3) is 0.278. The van der Waals surface area contributed by atoms with Crippen molar-refractivity contribution < 1.29 is 8.42 Å². The fourth-order valence-electron chi connectivity index (χ4n) is 2.82. The Balaban J connectivity index is 1.90. The van der Waals surface area contributed by atoms with Gasteiger partial charge in [-0.1, -0.05) is 30.3 Å². The van der Waals surface area contributed by atoms with Gasteiger partial charge in [-0.05, 0) is 43.7 Å². The molecule has 1 N–H and O–H groups in total. The first-order valence-electron chi connectivity index (χ1n) is 7.96. The van der Waals surface area contributed by atoms with Crippen molar-refractivity contribution >= 4 is 20.8 Å². The maximum Gasteiger partial charge on any atom is 0.241 e. The number of nitrogens with zero attached hydrogens (tertiary/aromatic N) is 2. The molecule has 0 bridgehead atoms. The van der Waals surface area contributed by atoms with Crippen molar-refractivity contribution in [1.82, 2.24) is 14.5 Å². The smallest absolute Gasteiger partial charge is 0.241 e. The number of aryl methyl sites for hydroxylation is 2. The second-order valence-electron chi connectivity index (χ2n) is 5.88. The van der Waals surface area contributed by atoms with E-state index < -0.39 is 10.0 Å².